The number of hydrogen-bond donors (Lipinski definition) is 1. The molecule has 0 aliphatic heterocycles. The van der Waals surface area contributed by atoms with Crippen molar-refractivity contribution in [3.63, 3.8) is 0 Å². The number of ketones is 1. The van der Waals surface area contributed by atoms with Crippen molar-refractivity contribution >= 4 is 17.4 Å². The Kier molecular flexibility index (Phi) is 7.96. The molecule has 0 aliphatic carbocycles. The highest BCUT2D eigenvalue weighted by atomic mass is 35.5. The van der Waals surface area contributed by atoms with Crippen molar-refractivity contribution in [1.29, 1.82) is 0 Å². The summed E-state index contributed by atoms with van der Waals surface area (Å²) in [6, 6.07) is 7.48. The summed E-state index contributed by atoms with van der Waals surface area (Å²) < 4.78 is 0. The lowest BCUT2D eigenvalue weighted by molar-refractivity contribution is -0.118. The molecule has 0 saturated heterocycles. The van der Waals surface area contributed by atoms with Gasteiger partial charge >= 0.3 is 0 Å². The molecule has 0 fully saturated rings. The van der Waals surface area contributed by atoms with Gasteiger partial charge in [0, 0.05) is 17.1 Å². The van der Waals surface area contributed by atoms with Crippen molar-refractivity contribution in [2.45, 2.75) is 53.0 Å². The van der Waals surface area contributed by atoms with Crippen LogP contribution in [0.2, 0.25) is 5.02 Å². The number of carbonyl (C=O) groups is 1. The fourth-order valence-corrected chi connectivity index (χ4v) is 1.73. The van der Waals surface area contributed by atoms with Gasteiger partial charge in [0.25, 0.3) is 0 Å². The number of nitrogens with one attached hydrogen (secondary N) is 1. The van der Waals surface area contributed by atoms with Gasteiger partial charge in [0.1, 0.15) is 5.78 Å². The van der Waals surface area contributed by atoms with E-state index in [0.717, 1.165) is 5.56 Å². The molecule has 1 rings (SSSR count). The van der Waals surface area contributed by atoms with Gasteiger partial charge in [0.05, 0.1) is 5.92 Å². The summed E-state index contributed by atoms with van der Waals surface area (Å²) in [4.78, 5) is 11.7. The van der Waals surface area contributed by atoms with Gasteiger partial charge in [0.2, 0.25) is 0 Å². The van der Waals surface area contributed by atoms with Crippen molar-refractivity contribution < 1.29 is 4.79 Å². The van der Waals surface area contributed by atoms with Crippen LogP contribution in [0.25, 0.3) is 0 Å². The highest BCUT2D eigenvalue weighted by Gasteiger charge is 2.19. The maximum absolute atomic E-state index is 11.7. The average Bonchev–Trinajstić information content (AvgIpc) is 2.32. The highest BCUT2D eigenvalue weighted by Crippen LogP contribution is 2.19. The number of hydrogen-bond acceptors (Lipinski definition) is 2. The fraction of sp³-hybridized carbons (Fsp3) is 0.562. The second-order valence-electron chi connectivity index (χ2n) is 5.35. The van der Waals surface area contributed by atoms with E-state index < -0.39 is 0 Å². The summed E-state index contributed by atoms with van der Waals surface area (Å²) >= 11 is 5.85. The third-order valence-corrected chi connectivity index (χ3v) is 2.85. The quantitative estimate of drug-likeness (QED) is 0.886. The Morgan fingerprint density at radius 3 is 2.05 bits per heavy atom. The number of benzene rings is 1. The van der Waals surface area contributed by atoms with Crippen molar-refractivity contribution in [2.24, 2.45) is 0 Å². The Morgan fingerprint density at radius 2 is 1.68 bits per heavy atom. The van der Waals surface area contributed by atoms with E-state index in [1.54, 1.807) is 6.92 Å². The van der Waals surface area contributed by atoms with E-state index in [9.17, 15) is 4.79 Å². The Morgan fingerprint density at radius 1 is 1.21 bits per heavy atom. The molecule has 0 bridgehead atoms. The summed E-state index contributed by atoms with van der Waals surface area (Å²) in [5.41, 5.74) is 1.03. The van der Waals surface area contributed by atoms with Gasteiger partial charge in [-0.25, -0.2) is 0 Å². The van der Waals surface area contributed by atoms with Crippen LogP contribution >= 0.6 is 11.6 Å². The fourth-order valence-electron chi connectivity index (χ4n) is 1.60. The van der Waals surface area contributed by atoms with E-state index in [0.29, 0.717) is 11.6 Å². The molecule has 0 aliphatic rings. The third-order valence-electron chi connectivity index (χ3n) is 2.60. The number of Topliss-reactive ketones (excluding diaryl/α,β-unsaturated/α-hetero) is 1. The van der Waals surface area contributed by atoms with Crippen LogP contribution in [-0.4, -0.2) is 17.9 Å². The summed E-state index contributed by atoms with van der Waals surface area (Å²) in [7, 11) is 0. The minimum Gasteiger partial charge on any atom is -0.311 e. The summed E-state index contributed by atoms with van der Waals surface area (Å²) in [6.07, 6.45) is 0. The number of carbonyl (C=O) groups excluding carboxylic acids is 1. The van der Waals surface area contributed by atoms with Crippen molar-refractivity contribution in [2.75, 3.05) is 6.54 Å². The van der Waals surface area contributed by atoms with Crippen LogP contribution in [0.5, 0.6) is 0 Å². The molecule has 0 heterocycles. The van der Waals surface area contributed by atoms with Gasteiger partial charge < -0.3 is 5.32 Å². The normalized spacial score (nSPS) is 12.4. The molecular formula is C16H26ClNO. The minimum atomic E-state index is -0.105. The lowest BCUT2D eigenvalue weighted by atomic mass is 9.94. The van der Waals surface area contributed by atoms with Gasteiger partial charge in [-0.2, -0.15) is 0 Å². The lowest BCUT2D eigenvalue weighted by Gasteiger charge is -2.24. The third kappa shape index (κ3) is 7.34. The van der Waals surface area contributed by atoms with Crippen LogP contribution in [0.3, 0.4) is 0 Å². The zero-order valence-corrected chi connectivity index (χ0v) is 13.6. The Hall–Kier alpha value is -0.860. The predicted octanol–water partition coefficient (Wildman–Crippen LogP) is 4.43. The van der Waals surface area contributed by atoms with Gasteiger partial charge in [-0.05, 0) is 45.4 Å². The standard InChI is InChI=1S/C14H20ClNO.C2H6/c1-10(17)13(9-16-14(2,3)4)11-5-7-12(15)8-6-11;1-2/h5-8,13,16H,9H2,1-4H3;1-2H3. The van der Waals surface area contributed by atoms with E-state index in [4.69, 9.17) is 11.6 Å². The predicted molar refractivity (Wildman–Crippen MR) is 84.0 cm³/mol. The SMILES string of the molecule is CC.CC(=O)C(CNC(C)(C)C)c1ccc(Cl)cc1. The van der Waals surface area contributed by atoms with Gasteiger partial charge in [-0.15, -0.1) is 0 Å². The van der Waals surface area contributed by atoms with Gasteiger partial charge in [-0.3, -0.25) is 4.79 Å². The lowest BCUT2D eigenvalue weighted by Crippen LogP contribution is -2.39. The van der Waals surface area contributed by atoms with Crippen LogP contribution in [-0.2, 0) is 4.79 Å². The van der Waals surface area contributed by atoms with Crippen LogP contribution < -0.4 is 5.32 Å². The zero-order valence-electron chi connectivity index (χ0n) is 12.9. The molecule has 2 nitrogen and oxygen atoms in total. The van der Waals surface area contributed by atoms with Crippen LogP contribution in [0.4, 0.5) is 0 Å². The molecule has 1 aromatic carbocycles. The Labute approximate surface area is 122 Å². The Balaban J connectivity index is 0.00000154. The molecule has 19 heavy (non-hydrogen) atoms. The first-order chi connectivity index (χ1) is 8.79. The second kappa shape index (κ2) is 8.34. The van der Waals surface area contributed by atoms with Crippen molar-refractivity contribution in [3.8, 4) is 0 Å². The average molecular weight is 284 g/mol. The summed E-state index contributed by atoms with van der Waals surface area (Å²) in [6.45, 7) is 12.5. The molecule has 108 valence electrons. The zero-order chi connectivity index (χ0) is 15.1. The first kappa shape index (κ1) is 18.1. The topological polar surface area (TPSA) is 29.1 Å². The first-order valence-corrected chi connectivity index (χ1v) is 7.18. The minimum absolute atomic E-state index is 0.0140. The monoisotopic (exact) mass is 283 g/mol. The molecule has 0 saturated carbocycles. The molecule has 3 heteroatoms. The van der Waals surface area contributed by atoms with Crippen LogP contribution in [0, 0.1) is 0 Å². The molecular weight excluding hydrogens is 258 g/mol. The van der Waals surface area contributed by atoms with Crippen LogP contribution in [0.15, 0.2) is 24.3 Å². The molecule has 1 unspecified atom stereocenters. The maximum Gasteiger partial charge on any atom is 0.138 e. The highest BCUT2D eigenvalue weighted by molar-refractivity contribution is 6.30. The van der Waals surface area contributed by atoms with E-state index in [-0.39, 0.29) is 17.2 Å². The largest absolute Gasteiger partial charge is 0.311 e. The van der Waals surface area contributed by atoms with E-state index in [1.165, 1.54) is 0 Å². The maximum atomic E-state index is 11.7. The first-order valence-electron chi connectivity index (χ1n) is 6.80. The smallest absolute Gasteiger partial charge is 0.138 e. The Bertz CT molecular complexity index is 379. The molecule has 0 aromatic heterocycles. The van der Waals surface area contributed by atoms with Gasteiger partial charge in [0.15, 0.2) is 0 Å². The number of rotatable bonds is 4. The van der Waals surface area contributed by atoms with Crippen molar-refractivity contribution in [3.05, 3.63) is 34.9 Å². The molecule has 1 aromatic rings. The van der Waals surface area contributed by atoms with E-state index in [2.05, 4.69) is 26.1 Å². The van der Waals surface area contributed by atoms with Crippen LogP contribution in [0.1, 0.15) is 53.0 Å². The van der Waals surface area contributed by atoms with Crippen molar-refractivity contribution in [1.82, 2.24) is 5.32 Å². The summed E-state index contributed by atoms with van der Waals surface area (Å²) in [5, 5.41) is 4.06. The van der Waals surface area contributed by atoms with E-state index in [1.807, 2.05) is 38.1 Å². The molecule has 1 N–H and O–H groups in total. The summed E-state index contributed by atoms with van der Waals surface area (Å²) in [5.74, 6) is 0.0653. The molecule has 0 amide bonds. The molecule has 1 atom stereocenters. The molecule has 0 radical (unpaired) electrons. The number of halogens is 1. The van der Waals surface area contributed by atoms with E-state index >= 15 is 0 Å². The van der Waals surface area contributed by atoms with Gasteiger partial charge in [-0.1, -0.05) is 37.6 Å². The molecule has 0 spiro atoms. The second-order valence-corrected chi connectivity index (χ2v) is 5.78.